The van der Waals surface area contributed by atoms with E-state index >= 15 is 0 Å². The van der Waals surface area contributed by atoms with Crippen molar-refractivity contribution in [3.8, 4) is 11.8 Å². The van der Waals surface area contributed by atoms with E-state index in [1.165, 1.54) is 23.4 Å². The minimum atomic E-state index is -0.532. The van der Waals surface area contributed by atoms with Gasteiger partial charge in [0, 0.05) is 18.2 Å². The molecule has 0 spiro atoms. The largest absolute Gasteiger partial charge is 0.290 e. The van der Waals surface area contributed by atoms with Crippen molar-refractivity contribution in [3.63, 3.8) is 0 Å². The molecular weight excluding hydrogens is 315 g/mol. The van der Waals surface area contributed by atoms with Crippen molar-refractivity contribution >= 4 is 11.3 Å². The molecule has 4 nitrogen and oxygen atoms in total. The first-order valence-corrected chi connectivity index (χ1v) is 8.21. The van der Waals surface area contributed by atoms with Gasteiger partial charge in [-0.15, -0.1) is 6.58 Å². The Morgan fingerprint density at radius 3 is 2.88 bits per heavy atom. The normalized spacial score (nSPS) is 15.7. The molecule has 0 bridgehead atoms. The first-order valence-electron chi connectivity index (χ1n) is 8.21. The molecule has 1 aromatic heterocycles. The number of hydrogen-bond donors (Lipinski definition) is 0. The van der Waals surface area contributed by atoms with Gasteiger partial charge in [-0.1, -0.05) is 12.2 Å². The third-order valence-electron chi connectivity index (χ3n) is 4.19. The van der Waals surface area contributed by atoms with Crippen molar-refractivity contribution < 1.29 is 4.39 Å². The van der Waals surface area contributed by atoms with Crippen molar-refractivity contribution in [2.45, 2.75) is 26.2 Å². The molecule has 3 rings (SSSR count). The molecule has 0 saturated carbocycles. The zero-order valence-electron chi connectivity index (χ0n) is 14.2. The fourth-order valence-corrected chi connectivity index (χ4v) is 2.95. The Balaban J connectivity index is 1.95. The van der Waals surface area contributed by atoms with E-state index in [1.807, 2.05) is 19.1 Å². The SMILES string of the molecule is C=CC/N=C1\CC=C(c2cc(C)nn2-c2ccc(C#N)c(F)c2)CC1. The van der Waals surface area contributed by atoms with Crippen LogP contribution in [-0.4, -0.2) is 22.0 Å². The molecule has 2 aromatic rings. The van der Waals surface area contributed by atoms with Crippen LogP contribution in [-0.2, 0) is 0 Å². The third kappa shape index (κ3) is 3.58. The summed E-state index contributed by atoms with van der Waals surface area (Å²) in [5, 5.41) is 13.4. The van der Waals surface area contributed by atoms with Gasteiger partial charge >= 0.3 is 0 Å². The van der Waals surface area contributed by atoms with Crippen molar-refractivity contribution in [3.05, 3.63) is 65.8 Å². The molecule has 0 radical (unpaired) electrons. The van der Waals surface area contributed by atoms with Crippen LogP contribution in [0.15, 0.2) is 48.0 Å². The number of rotatable bonds is 4. The van der Waals surface area contributed by atoms with Crippen LogP contribution in [0.2, 0.25) is 0 Å². The van der Waals surface area contributed by atoms with Crippen molar-refractivity contribution in [2.75, 3.05) is 6.54 Å². The summed E-state index contributed by atoms with van der Waals surface area (Å²) in [5.74, 6) is -0.532. The van der Waals surface area contributed by atoms with E-state index in [0.29, 0.717) is 12.2 Å². The standard InChI is InChI=1S/C20H19FN4/c1-3-10-23-17-7-4-15(5-8-17)20-11-14(2)24-25(20)18-9-6-16(13-22)19(21)12-18/h3-4,6,9,11-12H,1,5,7-8,10H2,2H3/b23-17+. The molecule has 25 heavy (non-hydrogen) atoms. The van der Waals surface area contributed by atoms with Crippen LogP contribution in [0.25, 0.3) is 11.3 Å². The average Bonchev–Trinajstić information content (AvgIpc) is 3.02. The highest BCUT2D eigenvalue weighted by Crippen LogP contribution is 2.28. The highest BCUT2D eigenvalue weighted by Gasteiger charge is 2.17. The van der Waals surface area contributed by atoms with E-state index in [9.17, 15) is 4.39 Å². The summed E-state index contributed by atoms with van der Waals surface area (Å²) in [6.07, 6.45) is 6.56. The van der Waals surface area contributed by atoms with Gasteiger partial charge in [0.15, 0.2) is 0 Å². The van der Waals surface area contributed by atoms with Gasteiger partial charge in [0.1, 0.15) is 11.9 Å². The fourth-order valence-electron chi connectivity index (χ4n) is 2.95. The van der Waals surface area contributed by atoms with Gasteiger partial charge in [0.2, 0.25) is 0 Å². The summed E-state index contributed by atoms with van der Waals surface area (Å²) in [6, 6.07) is 8.41. The Kier molecular flexibility index (Phi) is 4.90. The molecule has 5 heteroatoms. The van der Waals surface area contributed by atoms with Gasteiger partial charge in [0.25, 0.3) is 0 Å². The van der Waals surface area contributed by atoms with E-state index in [-0.39, 0.29) is 5.56 Å². The van der Waals surface area contributed by atoms with Gasteiger partial charge in [0.05, 0.1) is 29.2 Å². The van der Waals surface area contributed by atoms with Crippen LogP contribution in [0.4, 0.5) is 4.39 Å². The van der Waals surface area contributed by atoms with Crippen molar-refractivity contribution in [1.82, 2.24) is 9.78 Å². The van der Waals surface area contributed by atoms with E-state index in [0.717, 1.165) is 30.7 Å². The molecule has 1 aromatic carbocycles. The Bertz CT molecular complexity index is 912. The minimum absolute atomic E-state index is 0.0362. The molecule has 1 heterocycles. The molecule has 0 amide bonds. The van der Waals surface area contributed by atoms with Crippen LogP contribution in [0.1, 0.15) is 36.2 Å². The van der Waals surface area contributed by atoms with Crippen LogP contribution >= 0.6 is 0 Å². The zero-order valence-corrected chi connectivity index (χ0v) is 14.2. The number of allylic oxidation sites excluding steroid dienone is 2. The maximum atomic E-state index is 14.0. The summed E-state index contributed by atoms with van der Waals surface area (Å²) in [4.78, 5) is 4.50. The van der Waals surface area contributed by atoms with Crippen LogP contribution < -0.4 is 0 Å². The summed E-state index contributed by atoms with van der Waals surface area (Å²) in [5.41, 5.74) is 4.84. The Morgan fingerprint density at radius 1 is 1.40 bits per heavy atom. The lowest BCUT2D eigenvalue weighted by atomic mass is 9.95. The Morgan fingerprint density at radius 2 is 2.24 bits per heavy atom. The van der Waals surface area contributed by atoms with Gasteiger partial charge in [-0.05, 0) is 43.5 Å². The van der Waals surface area contributed by atoms with Crippen molar-refractivity contribution in [1.29, 1.82) is 5.26 Å². The summed E-state index contributed by atoms with van der Waals surface area (Å²) < 4.78 is 15.7. The second-order valence-corrected chi connectivity index (χ2v) is 5.99. The Hall–Kier alpha value is -3.00. The summed E-state index contributed by atoms with van der Waals surface area (Å²) in [7, 11) is 0. The van der Waals surface area contributed by atoms with Gasteiger partial charge in [-0.3, -0.25) is 4.99 Å². The predicted octanol–water partition coefficient (Wildman–Crippen LogP) is 4.39. The fraction of sp³-hybridized carbons (Fsp3) is 0.250. The smallest absolute Gasteiger partial charge is 0.143 e. The van der Waals surface area contributed by atoms with Gasteiger partial charge in [-0.2, -0.15) is 10.4 Å². The molecule has 0 N–H and O–H groups in total. The van der Waals surface area contributed by atoms with Crippen LogP contribution in [0.5, 0.6) is 0 Å². The molecule has 1 aliphatic carbocycles. The number of aromatic nitrogens is 2. The second-order valence-electron chi connectivity index (χ2n) is 5.99. The number of nitrogens with zero attached hydrogens (tertiary/aromatic N) is 4. The number of halogens is 1. The lowest BCUT2D eigenvalue weighted by molar-refractivity contribution is 0.621. The van der Waals surface area contributed by atoms with Gasteiger partial charge < -0.3 is 0 Å². The van der Waals surface area contributed by atoms with Crippen LogP contribution in [0.3, 0.4) is 0 Å². The molecule has 0 unspecified atom stereocenters. The quantitative estimate of drug-likeness (QED) is 0.779. The predicted molar refractivity (Wildman–Crippen MR) is 97.3 cm³/mol. The number of aryl methyl sites for hydroxylation is 1. The zero-order chi connectivity index (χ0) is 17.8. The molecule has 1 aliphatic rings. The molecule has 0 saturated heterocycles. The van der Waals surface area contributed by atoms with E-state index < -0.39 is 5.82 Å². The molecule has 0 atom stereocenters. The summed E-state index contributed by atoms with van der Waals surface area (Å²) >= 11 is 0. The lowest BCUT2D eigenvalue weighted by Crippen LogP contribution is -2.08. The second kappa shape index (κ2) is 7.27. The van der Waals surface area contributed by atoms with E-state index in [2.05, 4.69) is 22.7 Å². The van der Waals surface area contributed by atoms with Crippen LogP contribution in [0, 0.1) is 24.1 Å². The number of aliphatic imine (C=N–C) groups is 1. The van der Waals surface area contributed by atoms with Crippen molar-refractivity contribution in [2.24, 2.45) is 4.99 Å². The molecule has 0 fully saturated rings. The van der Waals surface area contributed by atoms with E-state index in [4.69, 9.17) is 5.26 Å². The number of hydrogen-bond acceptors (Lipinski definition) is 3. The number of nitriles is 1. The molecule has 0 aliphatic heterocycles. The first kappa shape index (κ1) is 16.8. The molecule has 126 valence electrons. The first-order chi connectivity index (χ1) is 12.1. The number of benzene rings is 1. The monoisotopic (exact) mass is 334 g/mol. The highest BCUT2D eigenvalue weighted by molar-refractivity contribution is 5.91. The lowest BCUT2D eigenvalue weighted by Gasteiger charge is -2.16. The molecular formula is C20H19FN4. The van der Waals surface area contributed by atoms with E-state index in [1.54, 1.807) is 16.8 Å². The maximum absolute atomic E-state index is 14.0. The summed E-state index contributed by atoms with van der Waals surface area (Å²) in [6.45, 7) is 6.26. The average molecular weight is 334 g/mol. The topological polar surface area (TPSA) is 54.0 Å². The Labute approximate surface area is 146 Å². The van der Waals surface area contributed by atoms with Gasteiger partial charge in [-0.25, -0.2) is 9.07 Å². The maximum Gasteiger partial charge on any atom is 0.143 e. The third-order valence-corrected chi connectivity index (χ3v) is 4.19. The highest BCUT2D eigenvalue weighted by atomic mass is 19.1. The minimum Gasteiger partial charge on any atom is -0.290 e.